The van der Waals surface area contributed by atoms with E-state index >= 15 is 0 Å². The molecule has 0 spiro atoms. The summed E-state index contributed by atoms with van der Waals surface area (Å²) in [6, 6.07) is 22.6. The second kappa shape index (κ2) is 9.18. The highest BCUT2D eigenvalue weighted by molar-refractivity contribution is 7.80. The van der Waals surface area contributed by atoms with Crippen LogP contribution < -0.4 is 15.4 Å². The van der Waals surface area contributed by atoms with E-state index in [-0.39, 0.29) is 0 Å². The minimum Gasteiger partial charge on any atom is -0.494 e. The van der Waals surface area contributed by atoms with E-state index in [2.05, 4.69) is 60.0 Å². The maximum absolute atomic E-state index is 5.53. The van der Waals surface area contributed by atoms with Crippen molar-refractivity contribution in [3.8, 4) is 5.75 Å². The first kappa shape index (κ1) is 20.9. The molecule has 4 aromatic rings. The van der Waals surface area contributed by atoms with Gasteiger partial charge in [0.1, 0.15) is 5.75 Å². The summed E-state index contributed by atoms with van der Waals surface area (Å²) >= 11 is 5.53. The van der Waals surface area contributed by atoms with E-state index in [0.717, 1.165) is 28.5 Å². The van der Waals surface area contributed by atoms with Crippen LogP contribution in [0.1, 0.15) is 23.9 Å². The van der Waals surface area contributed by atoms with Crippen molar-refractivity contribution in [1.82, 2.24) is 9.78 Å². The van der Waals surface area contributed by atoms with E-state index in [9.17, 15) is 0 Å². The molecule has 0 fully saturated rings. The Hall–Kier alpha value is -3.38. The molecule has 1 heterocycles. The molecule has 5 nitrogen and oxygen atoms in total. The Morgan fingerprint density at radius 2 is 1.71 bits per heavy atom. The molecule has 3 aromatic carbocycles. The molecule has 6 heteroatoms. The average Bonchev–Trinajstić information content (AvgIpc) is 3.03. The lowest BCUT2D eigenvalue weighted by Gasteiger charge is -2.12. The molecule has 158 valence electrons. The Balaban J connectivity index is 1.49. The standard InChI is InChI=1S/C25H26N4OS/c1-4-30-22-14-12-21(13-15-22)26-25(31)27-24-17(2)28-29(18(24)3)16-20-10-7-9-19-8-5-6-11-23(19)20/h5-15H,4,16H2,1-3H3,(H2,26,27,31). The van der Waals surface area contributed by atoms with E-state index in [1.54, 1.807) is 0 Å². The normalized spacial score (nSPS) is 10.8. The van der Waals surface area contributed by atoms with Crippen LogP contribution in [0.25, 0.3) is 10.8 Å². The van der Waals surface area contributed by atoms with Gasteiger partial charge in [0, 0.05) is 5.69 Å². The molecule has 0 bridgehead atoms. The zero-order chi connectivity index (χ0) is 21.8. The second-order valence-electron chi connectivity index (χ2n) is 7.38. The molecule has 31 heavy (non-hydrogen) atoms. The number of fused-ring (bicyclic) bond motifs is 1. The number of hydrogen-bond donors (Lipinski definition) is 2. The molecule has 2 N–H and O–H groups in total. The van der Waals surface area contributed by atoms with Gasteiger partial charge in [0.25, 0.3) is 0 Å². The van der Waals surface area contributed by atoms with Gasteiger partial charge in [-0.15, -0.1) is 0 Å². The van der Waals surface area contributed by atoms with Crippen molar-refractivity contribution in [3.05, 3.63) is 83.7 Å². The van der Waals surface area contributed by atoms with Gasteiger partial charge in [0.2, 0.25) is 0 Å². The fraction of sp³-hybridized carbons (Fsp3) is 0.200. The predicted molar refractivity (Wildman–Crippen MR) is 132 cm³/mol. The number of benzene rings is 3. The van der Waals surface area contributed by atoms with Crippen LogP contribution in [-0.2, 0) is 6.54 Å². The number of nitrogens with zero attached hydrogens (tertiary/aromatic N) is 2. The van der Waals surface area contributed by atoms with Gasteiger partial charge in [0.15, 0.2) is 5.11 Å². The molecule has 0 aliphatic heterocycles. The Kier molecular flexibility index (Phi) is 6.18. The minimum atomic E-state index is 0.528. The molecule has 0 unspecified atom stereocenters. The van der Waals surface area contributed by atoms with Gasteiger partial charge in [-0.1, -0.05) is 42.5 Å². The summed E-state index contributed by atoms with van der Waals surface area (Å²) in [4.78, 5) is 0. The molecule has 0 saturated heterocycles. The van der Waals surface area contributed by atoms with E-state index in [0.29, 0.717) is 18.3 Å². The number of thiocarbonyl (C=S) groups is 1. The van der Waals surface area contributed by atoms with Crippen molar-refractivity contribution in [2.45, 2.75) is 27.3 Å². The van der Waals surface area contributed by atoms with Crippen LogP contribution >= 0.6 is 12.2 Å². The first-order valence-electron chi connectivity index (χ1n) is 10.4. The monoisotopic (exact) mass is 430 g/mol. The number of rotatable bonds is 6. The third-order valence-electron chi connectivity index (χ3n) is 5.24. The third kappa shape index (κ3) is 4.70. The number of hydrogen-bond acceptors (Lipinski definition) is 3. The molecule has 0 amide bonds. The molecule has 0 saturated carbocycles. The van der Waals surface area contributed by atoms with Gasteiger partial charge >= 0.3 is 0 Å². The average molecular weight is 431 g/mol. The van der Waals surface area contributed by atoms with E-state index in [4.69, 9.17) is 22.1 Å². The number of anilines is 2. The Labute approximate surface area is 188 Å². The Morgan fingerprint density at radius 1 is 0.968 bits per heavy atom. The van der Waals surface area contributed by atoms with Crippen molar-refractivity contribution in [1.29, 1.82) is 0 Å². The van der Waals surface area contributed by atoms with Gasteiger partial charge in [-0.25, -0.2) is 0 Å². The molecular weight excluding hydrogens is 404 g/mol. The van der Waals surface area contributed by atoms with Crippen LogP contribution in [0.2, 0.25) is 0 Å². The smallest absolute Gasteiger partial charge is 0.175 e. The van der Waals surface area contributed by atoms with Crippen LogP contribution in [0, 0.1) is 13.8 Å². The molecular formula is C25H26N4OS. The quantitative estimate of drug-likeness (QED) is 0.373. The van der Waals surface area contributed by atoms with Crippen LogP contribution in [0.15, 0.2) is 66.7 Å². The molecule has 4 rings (SSSR count). The van der Waals surface area contributed by atoms with Crippen molar-refractivity contribution in [2.75, 3.05) is 17.2 Å². The summed E-state index contributed by atoms with van der Waals surface area (Å²) < 4.78 is 7.51. The number of aromatic nitrogens is 2. The number of nitrogens with one attached hydrogen (secondary N) is 2. The maximum atomic E-state index is 5.53. The van der Waals surface area contributed by atoms with Crippen LogP contribution in [0.5, 0.6) is 5.75 Å². The Morgan fingerprint density at radius 3 is 2.48 bits per heavy atom. The SMILES string of the molecule is CCOc1ccc(NC(=S)Nc2c(C)nn(Cc3cccc4ccccc34)c2C)cc1. The van der Waals surface area contributed by atoms with E-state index < -0.39 is 0 Å². The first-order chi connectivity index (χ1) is 15.0. The largest absolute Gasteiger partial charge is 0.494 e. The van der Waals surface area contributed by atoms with Crippen molar-refractivity contribution < 1.29 is 4.74 Å². The van der Waals surface area contributed by atoms with Crippen LogP contribution in [-0.4, -0.2) is 21.5 Å². The summed E-state index contributed by atoms with van der Waals surface area (Å²) in [6.07, 6.45) is 0. The lowest BCUT2D eigenvalue weighted by molar-refractivity contribution is 0.340. The predicted octanol–water partition coefficient (Wildman–Crippen LogP) is 5.91. The highest BCUT2D eigenvalue weighted by Gasteiger charge is 2.14. The van der Waals surface area contributed by atoms with Gasteiger partial charge in [-0.2, -0.15) is 5.10 Å². The topological polar surface area (TPSA) is 51.1 Å². The van der Waals surface area contributed by atoms with Crippen molar-refractivity contribution in [3.63, 3.8) is 0 Å². The Bertz CT molecular complexity index is 1210. The molecule has 0 radical (unpaired) electrons. The summed E-state index contributed by atoms with van der Waals surface area (Å²) in [6.45, 7) is 7.38. The summed E-state index contributed by atoms with van der Waals surface area (Å²) in [5.74, 6) is 0.841. The summed E-state index contributed by atoms with van der Waals surface area (Å²) in [7, 11) is 0. The fourth-order valence-corrected chi connectivity index (χ4v) is 3.92. The zero-order valence-corrected chi connectivity index (χ0v) is 18.8. The minimum absolute atomic E-state index is 0.528. The number of aryl methyl sites for hydroxylation is 1. The summed E-state index contributed by atoms with van der Waals surface area (Å²) in [5, 5.41) is 14.3. The van der Waals surface area contributed by atoms with Crippen LogP contribution in [0.4, 0.5) is 11.4 Å². The molecule has 0 aliphatic carbocycles. The number of ether oxygens (including phenoxy) is 1. The van der Waals surface area contributed by atoms with Gasteiger partial charge in [-0.3, -0.25) is 4.68 Å². The molecule has 0 atom stereocenters. The van der Waals surface area contributed by atoms with Gasteiger partial charge in [0.05, 0.1) is 30.2 Å². The van der Waals surface area contributed by atoms with E-state index in [1.165, 1.54) is 16.3 Å². The van der Waals surface area contributed by atoms with Crippen LogP contribution in [0.3, 0.4) is 0 Å². The second-order valence-corrected chi connectivity index (χ2v) is 7.79. The lowest BCUT2D eigenvalue weighted by Crippen LogP contribution is -2.20. The fourth-order valence-electron chi connectivity index (χ4n) is 3.70. The molecule has 0 aliphatic rings. The zero-order valence-electron chi connectivity index (χ0n) is 18.0. The van der Waals surface area contributed by atoms with Crippen molar-refractivity contribution >= 4 is 39.5 Å². The van der Waals surface area contributed by atoms with Gasteiger partial charge < -0.3 is 15.4 Å². The van der Waals surface area contributed by atoms with E-state index in [1.807, 2.05) is 42.8 Å². The third-order valence-corrected chi connectivity index (χ3v) is 5.45. The molecule has 1 aromatic heterocycles. The maximum Gasteiger partial charge on any atom is 0.175 e. The highest BCUT2D eigenvalue weighted by atomic mass is 32.1. The highest BCUT2D eigenvalue weighted by Crippen LogP contribution is 2.24. The first-order valence-corrected chi connectivity index (χ1v) is 10.8. The lowest BCUT2D eigenvalue weighted by atomic mass is 10.0. The van der Waals surface area contributed by atoms with Gasteiger partial charge in [-0.05, 0) is 73.6 Å². The van der Waals surface area contributed by atoms with Crippen molar-refractivity contribution in [2.24, 2.45) is 0 Å². The summed E-state index contributed by atoms with van der Waals surface area (Å²) in [5.41, 5.74) is 5.03.